The van der Waals surface area contributed by atoms with Gasteiger partial charge in [-0.25, -0.2) is 0 Å². The van der Waals surface area contributed by atoms with E-state index in [9.17, 15) is 14.4 Å². The molecular formula is C28H27O4P. The van der Waals surface area contributed by atoms with Crippen molar-refractivity contribution in [1.82, 2.24) is 0 Å². The number of esters is 1. The van der Waals surface area contributed by atoms with Crippen molar-refractivity contribution in [2.24, 2.45) is 5.41 Å². The van der Waals surface area contributed by atoms with E-state index in [1.165, 1.54) is 0 Å². The van der Waals surface area contributed by atoms with Gasteiger partial charge in [0.15, 0.2) is 17.0 Å². The van der Waals surface area contributed by atoms with Crippen molar-refractivity contribution >= 4 is 46.1 Å². The van der Waals surface area contributed by atoms with E-state index in [-0.39, 0.29) is 25.2 Å². The van der Waals surface area contributed by atoms with Crippen molar-refractivity contribution in [3.8, 4) is 0 Å². The number of rotatable bonds is 7. The lowest BCUT2D eigenvalue weighted by atomic mass is 9.81. The SMILES string of the molecule is CCOC(=O)C1(C(=O)C=P(c2ccccc2)(c2ccccc2)c2ccccc2)CCCC1=O. The van der Waals surface area contributed by atoms with Gasteiger partial charge >= 0.3 is 5.97 Å². The molecule has 0 saturated heterocycles. The predicted molar refractivity (Wildman–Crippen MR) is 134 cm³/mol. The smallest absolute Gasteiger partial charge is 0.327 e. The molecule has 0 aliphatic heterocycles. The molecule has 0 N–H and O–H groups in total. The van der Waals surface area contributed by atoms with Gasteiger partial charge in [0.25, 0.3) is 0 Å². The Balaban J connectivity index is 2.06. The van der Waals surface area contributed by atoms with Gasteiger partial charge in [0.2, 0.25) is 0 Å². The summed E-state index contributed by atoms with van der Waals surface area (Å²) in [7, 11) is 0. The molecule has 3 aromatic carbocycles. The quantitative estimate of drug-likeness (QED) is 0.308. The Morgan fingerprint density at radius 2 is 1.30 bits per heavy atom. The van der Waals surface area contributed by atoms with Gasteiger partial charge in [-0.2, -0.15) is 0 Å². The van der Waals surface area contributed by atoms with E-state index >= 15 is 0 Å². The molecule has 33 heavy (non-hydrogen) atoms. The fourth-order valence-corrected chi connectivity index (χ4v) is 8.49. The van der Waals surface area contributed by atoms with E-state index < -0.39 is 24.1 Å². The first-order valence-corrected chi connectivity index (χ1v) is 13.1. The van der Waals surface area contributed by atoms with Crippen molar-refractivity contribution in [1.29, 1.82) is 0 Å². The highest BCUT2D eigenvalue weighted by molar-refractivity contribution is 7.95. The van der Waals surface area contributed by atoms with Crippen LogP contribution in [0.15, 0.2) is 91.0 Å². The number of benzene rings is 3. The van der Waals surface area contributed by atoms with Crippen molar-refractivity contribution in [2.75, 3.05) is 6.61 Å². The van der Waals surface area contributed by atoms with Crippen LogP contribution in [0, 0.1) is 5.41 Å². The number of carbonyl (C=O) groups is 3. The minimum absolute atomic E-state index is 0.123. The third kappa shape index (κ3) is 4.00. The summed E-state index contributed by atoms with van der Waals surface area (Å²) < 4.78 is 5.26. The van der Waals surface area contributed by atoms with Gasteiger partial charge < -0.3 is 4.74 Å². The molecule has 3 aromatic rings. The second-order valence-corrected chi connectivity index (χ2v) is 11.4. The standard InChI is InChI=1S/C28H27O4P/c1-2-32-27(31)28(20-12-19-25(28)29)26(30)21-33(22-13-6-3-7-14-22,23-15-8-4-9-16-23)24-17-10-5-11-18-24/h3-11,13-18,21H,2,12,19-20H2,1H3. The number of ether oxygens (including phenoxy) is 1. The van der Waals surface area contributed by atoms with Crippen LogP contribution in [0.25, 0.3) is 0 Å². The summed E-state index contributed by atoms with van der Waals surface area (Å²) in [6, 6.07) is 29.7. The summed E-state index contributed by atoms with van der Waals surface area (Å²) in [5.74, 6) is 0.177. The third-order valence-electron chi connectivity index (χ3n) is 6.28. The van der Waals surface area contributed by atoms with Gasteiger partial charge in [-0.15, -0.1) is 0 Å². The van der Waals surface area contributed by atoms with E-state index in [2.05, 4.69) is 0 Å². The zero-order valence-electron chi connectivity index (χ0n) is 18.6. The number of Topliss-reactive ketones (excluding diaryl/α,β-unsaturated/α-hetero) is 2. The average molecular weight is 458 g/mol. The minimum Gasteiger partial charge on any atom is -0.465 e. The summed E-state index contributed by atoms with van der Waals surface area (Å²) in [6.45, 7) is -0.813. The van der Waals surface area contributed by atoms with Crippen LogP contribution in [0.3, 0.4) is 0 Å². The highest BCUT2D eigenvalue weighted by Crippen LogP contribution is 2.46. The lowest BCUT2D eigenvalue weighted by molar-refractivity contribution is -0.160. The average Bonchev–Trinajstić information content (AvgIpc) is 3.26. The molecule has 1 saturated carbocycles. The van der Waals surface area contributed by atoms with Crippen molar-refractivity contribution in [2.45, 2.75) is 26.2 Å². The largest absolute Gasteiger partial charge is 0.465 e. The van der Waals surface area contributed by atoms with Crippen LogP contribution in [-0.2, 0) is 19.1 Å². The zero-order chi connectivity index (χ0) is 23.3. The van der Waals surface area contributed by atoms with Crippen LogP contribution in [-0.4, -0.2) is 29.9 Å². The lowest BCUT2D eigenvalue weighted by Gasteiger charge is -2.30. The van der Waals surface area contributed by atoms with Gasteiger partial charge in [0.05, 0.1) is 6.61 Å². The molecular weight excluding hydrogens is 431 g/mol. The van der Waals surface area contributed by atoms with Crippen LogP contribution in [0.1, 0.15) is 26.2 Å². The topological polar surface area (TPSA) is 60.4 Å². The van der Waals surface area contributed by atoms with Gasteiger partial charge in [0, 0.05) is 6.42 Å². The molecule has 4 nitrogen and oxygen atoms in total. The molecule has 0 aromatic heterocycles. The number of hydrogen-bond donors (Lipinski definition) is 0. The number of carbonyl (C=O) groups excluding carboxylic acids is 3. The maximum Gasteiger partial charge on any atom is 0.327 e. The Morgan fingerprint density at radius 1 is 0.848 bits per heavy atom. The Bertz CT molecular complexity index is 1100. The molecule has 1 fully saturated rings. The maximum absolute atomic E-state index is 14.1. The lowest BCUT2D eigenvalue weighted by Crippen LogP contribution is -2.46. The Hall–Kier alpha value is -3.23. The highest BCUT2D eigenvalue weighted by atomic mass is 31.2. The van der Waals surface area contributed by atoms with Crippen LogP contribution < -0.4 is 15.9 Å². The second-order valence-electron chi connectivity index (χ2n) is 8.13. The van der Waals surface area contributed by atoms with Crippen molar-refractivity contribution in [3.63, 3.8) is 0 Å². The first-order chi connectivity index (χ1) is 16.1. The van der Waals surface area contributed by atoms with Crippen LogP contribution in [0.2, 0.25) is 0 Å². The Kier molecular flexibility index (Phi) is 6.76. The fraction of sp³-hybridized carbons (Fsp3) is 0.214. The monoisotopic (exact) mass is 458 g/mol. The predicted octanol–water partition coefficient (Wildman–Crippen LogP) is 3.65. The summed E-state index contributed by atoms with van der Waals surface area (Å²) in [5, 5.41) is 2.96. The number of hydrogen-bond acceptors (Lipinski definition) is 4. The molecule has 1 atom stereocenters. The highest BCUT2D eigenvalue weighted by Gasteiger charge is 2.55. The van der Waals surface area contributed by atoms with Crippen molar-refractivity contribution in [3.05, 3.63) is 91.0 Å². The normalized spacial score (nSPS) is 18.0. The molecule has 1 aliphatic carbocycles. The maximum atomic E-state index is 14.1. The Morgan fingerprint density at radius 3 is 1.67 bits per heavy atom. The van der Waals surface area contributed by atoms with E-state index in [1.807, 2.05) is 91.0 Å². The van der Waals surface area contributed by atoms with Crippen molar-refractivity contribution < 1.29 is 19.1 Å². The first-order valence-electron chi connectivity index (χ1n) is 11.2. The third-order valence-corrected chi connectivity index (χ3v) is 10.2. The second kappa shape index (κ2) is 9.72. The summed E-state index contributed by atoms with van der Waals surface area (Å²) in [5.41, 5.74) is -1.75. The fourth-order valence-electron chi connectivity index (χ4n) is 4.64. The Labute approximate surface area is 194 Å². The van der Waals surface area contributed by atoms with Gasteiger partial charge in [0.1, 0.15) is 0 Å². The van der Waals surface area contributed by atoms with Crippen LogP contribution in [0.4, 0.5) is 0 Å². The first kappa shape index (κ1) is 22.9. The van der Waals surface area contributed by atoms with E-state index in [0.29, 0.717) is 6.42 Å². The molecule has 5 heteroatoms. The van der Waals surface area contributed by atoms with Gasteiger partial charge in [-0.1, -0.05) is 91.0 Å². The molecule has 1 aliphatic rings. The molecule has 4 rings (SSSR count). The summed E-state index contributed by atoms with van der Waals surface area (Å²) in [6.07, 6.45) is 0.912. The molecule has 0 spiro atoms. The molecule has 0 bridgehead atoms. The molecule has 0 heterocycles. The summed E-state index contributed by atoms with van der Waals surface area (Å²) >= 11 is 0. The van der Waals surface area contributed by atoms with E-state index in [1.54, 1.807) is 12.7 Å². The van der Waals surface area contributed by atoms with Gasteiger partial charge in [-0.3, -0.25) is 14.4 Å². The van der Waals surface area contributed by atoms with E-state index in [0.717, 1.165) is 15.9 Å². The molecule has 0 radical (unpaired) electrons. The summed E-state index contributed by atoms with van der Waals surface area (Å²) in [4.78, 5) is 40.1. The number of ketones is 2. The van der Waals surface area contributed by atoms with Gasteiger partial charge in [-0.05, 0) is 48.4 Å². The molecule has 0 amide bonds. The minimum atomic E-state index is -2.62. The van der Waals surface area contributed by atoms with Crippen LogP contribution in [0.5, 0.6) is 0 Å². The zero-order valence-corrected chi connectivity index (χ0v) is 19.5. The molecule has 168 valence electrons. The van der Waals surface area contributed by atoms with E-state index in [4.69, 9.17) is 4.74 Å². The van der Waals surface area contributed by atoms with Crippen LogP contribution >= 0.6 is 6.89 Å². The molecule has 1 unspecified atom stereocenters.